The first kappa shape index (κ1) is 59.1. The van der Waals surface area contributed by atoms with E-state index in [-0.39, 0.29) is 56.1 Å². The normalized spacial score (nSPS) is 39.1. The minimum Gasteiger partial charge on any atom is -0.497 e. The van der Waals surface area contributed by atoms with Crippen LogP contribution in [0.3, 0.4) is 0 Å². The van der Waals surface area contributed by atoms with Gasteiger partial charge in [-0.15, -0.1) is 0 Å². The van der Waals surface area contributed by atoms with E-state index in [1.165, 1.54) is 28.1 Å². The van der Waals surface area contributed by atoms with Crippen molar-refractivity contribution < 1.29 is 77.1 Å². The zero-order chi connectivity index (χ0) is 52.5. The summed E-state index contributed by atoms with van der Waals surface area (Å²) >= 11 is 0. The molecule has 1 aromatic rings. The average Bonchev–Trinajstić information content (AvgIpc) is 3.32. The molecule has 2 amide bonds. The van der Waals surface area contributed by atoms with Crippen molar-refractivity contribution >= 4 is 23.8 Å². The van der Waals surface area contributed by atoms with Gasteiger partial charge in [0.05, 0.1) is 49.1 Å². The van der Waals surface area contributed by atoms with E-state index >= 15 is 0 Å². The molecule has 3 saturated heterocycles. The van der Waals surface area contributed by atoms with Crippen molar-refractivity contribution in [3.8, 4) is 5.75 Å². The fourth-order valence-electron chi connectivity index (χ4n) is 10.4. The van der Waals surface area contributed by atoms with Gasteiger partial charge in [0.1, 0.15) is 34.9 Å². The molecule has 0 aromatic heterocycles. The monoisotopic (exact) mass is 996 g/mol. The number of Topliss-reactive ketones (excluding diaryl/α,β-unsaturated/α-hetero) is 1. The summed E-state index contributed by atoms with van der Waals surface area (Å²) < 4.78 is 56.1. The standard InChI is InChI=1S/C51H85N3O16/c1-16-37-51(10,61)43(58)30(4)40(56)28(2)25-49(8,63-14)44(69-47-41(57)36(54(11)12)24-29(3)65-47)31(5)42(32(6)46(59)67-37)68-39-26-50(9,64-15)45(33(7)66-39)70-48(60)52-23-17-18-38(55)53-27-34-19-21-35(62-13)22-20-34/h19-22,28-33,36-37,39,41-45,47,57-58,61H,16-18,23-27H2,1-15H3,(H,52,60)(H,53,55)/t28-,29-,30+,31+,32-,33+,36+,37-,39+,41-,42+,43-,44-,45+,47+,49+,50-,51-/m1/s1. The van der Waals surface area contributed by atoms with Crippen molar-refractivity contribution in [2.24, 2.45) is 23.7 Å². The van der Waals surface area contributed by atoms with E-state index in [1.54, 1.807) is 48.7 Å². The number of rotatable bonds is 16. The molecule has 5 N–H and O–H groups in total. The Hall–Kier alpha value is -3.50. The second kappa shape index (κ2) is 25.4. The average molecular weight is 996 g/mol. The Balaban J connectivity index is 1.61. The highest BCUT2D eigenvalue weighted by Crippen LogP contribution is 2.42. The van der Waals surface area contributed by atoms with E-state index in [9.17, 15) is 34.5 Å². The smallest absolute Gasteiger partial charge is 0.407 e. The molecule has 0 spiro atoms. The van der Waals surface area contributed by atoms with Crippen molar-refractivity contribution in [1.82, 2.24) is 15.5 Å². The molecule has 18 atom stereocenters. The van der Waals surface area contributed by atoms with Crippen LogP contribution in [-0.4, -0.2) is 170 Å². The third-order valence-corrected chi connectivity index (χ3v) is 15.0. The molecule has 0 bridgehead atoms. The van der Waals surface area contributed by atoms with Gasteiger partial charge in [-0.3, -0.25) is 14.4 Å². The number of nitrogens with zero attached hydrogens (tertiary/aromatic N) is 1. The Bertz CT molecular complexity index is 1850. The van der Waals surface area contributed by atoms with Crippen LogP contribution in [-0.2, 0) is 58.8 Å². The number of nitrogens with one attached hydrogen (secondary N) is 2. The van der Waals surface area contributed by atoms with Crippen LogP contribution >= 0.6 is 0 Å². The SMILES string of the molecule is CC[C@H]1OC(=O)[C@H](C)[C@@H](O[C@H]2C[C@@](C)(OC)[C@@H](OC(=O)NCCCC(=O)NCc3ccc(OC)cc3)[C@H](C)O2)[C@H](C)[C@@H](O[C@@H]2O[C@H](C)C[C@H](N(C)C)[C@H]2O)[C@@](C)(OC)C[C@@H](C)C(=O)[C@H](C)[C@@H](O)[C@]1(C)O. The number of hydrogen-bond acceptors (Lipinski definition) is 17. The van der Waals surface area contributed by atoms with Crippen molar-refractivity contribution in [2.45, 2.75) is 199 Å². The van der Waals surface area contributed by atoms with E-state index < -0.39 is 108 Å². The van der Waals surface area contributed by atoms with Gasteiger partial charge < -0.3 is 73.5 Å². The molecule has 3 fully saturated rings. The largest absolute Gasteiger partial charge is 0.497 e. The number of aliphatic hydroxyl groups is 3. The van der Waals surface area contributed by atoms with Gasteiger partial charge in [-0.1, -0.05) is 39.8 Å². The number of ether oxygens (including phenoxy) is 9. The lowest BCUT2D eigenvalue weighted by atomic mass is 9.74. The summed E-state index contributed by atoms with van der Waals surface area (Å²) in [5.41, 5.74) is -3.61. The molecule has 400 valence electrons. The number of likely N-dealkylation sites (N-methyl/N-ethyl adjacent to an activating group) is 1. The van der Waals surface area contributed by atoms with Crippen LogP contribution in [0, 0.1) is 23.7 Å². The number of ketones is 1. The van der Waals surface area contributed by atoms with Crippen LogP contribution in [0.5, 0.6) is 5.75 Å². The van der Waals surface area contributed by atoms with Gasteiger partial charge in [-0.2, -0.15) is 0 Å². The third-order valence-electron chi connectivity index (χ3n) is 15.0. The minimum absolute atomic E-state index is 0.0204. The molecule has 70 heavy (non-hydrogen) atoms. The number of methoxy groups -OCH3 is 3. The molecule has 0 unspecified atom stereocenters. The van der Waals surface area contributed by atoms with E-state index in [4.69, 9.17) is 42.6 Å². The second-order valence-corrected chi connectivity index (χ2v) is 20.7. The number of hydrogen-bond donors (Lipinski definition) is 5. The summed E-state index contributed by atoms with van der Waals surface area (Å²) in [7, 11) is 8.29. The Morgan fingerprint density at radius 1 is 0.857 bits per heavy atom. The van der Waals surface area contributed by atoms with Gasteiger partial charge in [0.25, 0.3) is 0 Å². The number of carbonyl (C=O) groups excluding carboxylic acids is 4. The molecule has 0 radical (unpaired) electrons. The van der Waals surface area contributed by atoms with Crippen LogP contribution in [0.4, 0.5) is 4.79 Å². The van der Waals surface area contributed by atoms with Crippen molar-refractivity contribution in [3.05, 3.63) is 29.8 Å². The maximum atomic E-state index is 14.5. The number of esters is 1. The number of amides is 2. The fourth-order valence-corrected chi connectivity index (χ4v) is 10.4. The lowest BCUT2D eigenvalue weighted by Gasteiger charge is -2.50. The minimum atomic E-state index is -2.02. The highest BCUT2D eigenvalue weighted by Gasteiger charge is 2.55. The molecule has 1 aromatic carbocycles. The van der Waals surface area contributed by atoms with Crippen molar-refractivity contribution in [2.75, 3.05) is 42.0 Å². The predicted molar refractivity (Wildman–Crippen MR) is 257 cm³/mol. The number of carbonyl (C=O) groups is 4. The maximum Gasteiger partial charge on any atom is 0.407 e. The van der Waals surface area contributed by atoms with Crippen LogP contribution in [0.25, 0.3) is 0 Å². The summed E-state index contributed by atoms with van der Waals surface area (Å²) in [6.07, 6.45) is -9.84. The van der Waals surface area contributed by atoms with Crippen molar-refractivity contribution in [1.29, 1.82) is 0 Å². The molecule has 19 heteroatoms. The van der Waals surface area contributed by atoms with Gasteiger partial charge in [0.15, 0.2) is 18.7 Å². The molecule has 0 saturated carbocycles. The van der Waals surface area contributed by atoms with Gasteiger partial charge >= 0.3 is 12.1 Å². The quantitative estimate of drug-likeness (QED) is 0.115. The summed E-state index contributed by atoms with van der Waals surface area (Å²) in [6, 6.07) is 7.04. The van der Waals surface area contributed by atoms with Crippen LogP contribution in [0.2, 0.25) is 0 Å². The Morgan fingerprint density at radius 2 is 1.49 bits per heavy atom. The molecule has 0 aliphatic carbocycles. The fraction of sp³-hybridized carbons (Fsp3) is 0.804. The van der Waals surface area contributed by atoms with Crippen LogP contribution in [0.15, 0.2) is 24.3 Å². The van der Waals surface area contributed by atoms with Crippen molar-refractivity contribution in [3.63, 3.8) is 0 Å². The molecule has 3 heterocycles. The third kappa shape index (κ3) is 14.4. The first-order valence-electron chi connectivity index (χ1n) is 24.8. The van der Waals surface area contributed by atoms with E-state index in [0.717, 1.165) is 11.3 Å². The number of aliphatic hydroxyl groups excluding tert-OH is 2. The number of cyclic esters (lactones) is 1. The first-order chi connectivity index (χ1) is 32.8. The highest BCUT2D eigenvalue weighted by atomic mass is 16.7. The topological polar surface area (TPSA) is 239 Å². The Kier molecular flexibility index (Phi) is 21.5. The predicted octanol–water partition coefficient (Wildman–Crippen LogP) is 4.28. The lowest BCUT2D eigenvalue weighted by molar-refractivity contribution is -0.319. The number of benzene rings is 1. The summed E-state index contributed by atoms with van der Waals surface area (Å²) in [4.78, 5) is 56.4. The summed E-state index contributed by atoms with van der Waals surface area (Å²) in [5, 5.41) is 40.7. The molecule has 3 aliphatic heterocycles. The zero-order valence-electron chi connectivity index (χ0n) is 44.2. The molecule has 3 aliphatic rings. The molecule has 4 rings (SSSR count). The highest BCUT2D eigenvalue weighted by molar-refractivity contribution is 5.83. The Labute approximate surface area is 415 Å². The van der Waals surface area contributed by atoms with Gasteiger partial charge in [-0.05, 0) is 99.0 Å². The van der Waals surface area contributed by atoms with Crippen LogP contribution < -0.4 is 15.4 Å². The van der Waals surface area contributed by atoms with Crippen LogP contribution in [0.1, 0.15) is 113 Å². The first-order valence-corrected chi connectivity index (χ1v) is 24.8. The summed E-state index contributed by atoms with van der Waals surface area (Å²) in [5.74, 6) is -4.27. The van der Waals surface area contributed by atoms with E-state index in [2.05, 4.69) is 10.6 Å². The van der Waals surface area contributed by atoms with Gasteiger partial charge in [0.2, 0.25) is 5.91 Å². The number of alkyl carbamates (subject to hydrolysis) is 1. The lowest BCUT2D eigenvalue weighted by Crippen LogP contribution is -2.62. The van der Waals surface area contributed by atoms with Gasteiger partial charge in [0, 0.05) is 63.9 Å². The summed E-state index contributed by atoms with van der Waals surface area (Å²) in [6.45, 7) is 17.4. The molecular formula is C51H85N3O16. The molecular weight excluding hydrogens is 911 g/mol. The van der Waals surface area contributed by atoms with E-state index in [1.807, 2.05) is 57.1 Å². The second-order valence-electron chi connectivity index (χ2n) is 20.7. The van der Waals surface area contributed by atoms with Gasteiger partial charge in [-0.25, -0.2) is 4.79 Å². The van der Waals surface area contributed by atoms with E-state index in [0.29, 0.717) is 19.4 Å². The zero-order valence-corrected chi connectivity index (χ0v) is 44.2. The molecule has 19 nitrogen and oxygen atoms in total. The maximum absolute atomic E-state index is 14.5. The Morgan fingerprint density at radius 3 is 2.07 bits per heavy atom.